The lowest BCUT2D eigenvalue weighted by molar-refractivity contribution is -0.121. The zero-order valence-corrected chi connectivity index (χ0v) is 17.4. The molecule has 29 heavy (non-hydrogen) atoms. The second kappa shape index (κ2) is 8.73. The van der Waals surface area contributed by atoms with Gasteiger partial charge in [-0.05, 0) is 56.5 Å². The lowest BCUT2D eigenvalue weighted by Crippen LogP contribution is -2.43. The first-order valence-electron chi connectivity index (χ1n) is 9.35. The van der Waals surface area contributed by atoms with Crippen LogP contribution in [0.4, 0.5) is 9.39 Å². The van der Waals surface area contributed by atoms with Gasteiger partial charge < -0.3 is 15.0 Å². The molecule has 0 radical (unpaired) electrons. The smallest absolute Gasteiger partial charge is 0.341 e. The van der Waals surface area contributed by atoms with E-state index in [9.17, 15) is 18.8 Å². The molecule has 0 saturated carbocycles. The van der Waals surface area contributed by atoms with Gasteiger partial charge >= 0.3 is 5.97 Å². The van der Waals surface area contributed by atoms with Gasteiger partial charge in [0.05, 0.1) is 18.6 Å². The van der Waals surface area contributed by atoms with Crippen molar-refractivity contribution in [3.63, 3.8) is 0 Å². The molecule has 2 heterocycles. The molecule has 0 bridgehead atoms. The SMILES string of the molecule is COC(=O)c1c(NC(=O)C2CCCN(C(=O)c3ccc(F)cc3)C2)sc(C)c1C. The van der Waals surface area contributed by atoms with Crippen LogP contribution >= 0.6 is 11.3 Å². The number of carbonyl (C=O) groups is 3. The van der Waals surface area contributed by atoms with Crippen LogP contribution in [0.25, 0.3) is 0 Å². The maximum absolute atomic E-state index is 13.1. The number of nitrogens with one attached hydrogen (secondary N) is 1. The van der Waals surface area contributed by atoms with Gasteiger partial charge in [0.1, 0.15) is 10.8 Å². The Morgan fingerprint density at radius 2 is 1.90 bits per heavy atom. The summed E-state index contributed by atoms with van der Waals surface area (Å²) in [5, 5.41) is 3.33. The summed E-state index contributed by atoms with van der Waals surface area (Å²) in [6.45, 7) is 4.52. The van der Waals surface area contributed by atoms with Gasteiger partial charge in [-0.25, -0.2) is 9.18 Å². The van der Waals surface area contributed by atoms with Crippen LogP contribution in [0.2, 0.25) is 0 Å². The van der Waals surface area contributed by atoms with Crippen LogP contribution in [0.3, 0.4) is 0 Å². The van der Waals surface area contributed by atoms with Crippen molar-refractivity contribution in [1.82, 2.24) is 4.90 Å². The normalized spacial score (nSPS) is 16.4. The van der Waals surface area contributed by atoms with Gasteiger partial charge in [0.2, 0.25) is 5.91 Å². The molecule has 0 aliphatic carbocycles. The molecule has 1 atom stereocenters. The molecule has 1 unspecified atom stereocenters. The molecule has 6 nitrogen and oxygen atoms in total. The number of methoxy groups -OCH3 is 1. The van der Waals surface area contributed by atoms with E-state index in [4.69, 9.17) is 4.74 Å². The third-order valence-corrected chi connectivity index (χ3v) is 6.30. The van der Waals surface area contributed by atoms with E-state index in [2.05, 4.69) is 5.32 Å². The van der Waals surface area contributed by atoms with Crippen LogP contribution in [0.5, 0.6) is 0 Å². The minimum atomic E-state index is -0.487. The van der Waals surface area contributed by atoms with Crippen molar-refractivity contribution < 1.29 is 23.5 Å². The van der Waals surface area contributed by atoms with Gasteiger partial charge in [0.15, 0.2) is 0 Å². The average Bonchev–Trinajstić information content (AvgIpc) is 3.00. The second-order valence-corrected chi connectivity index (χ2v) is 8.29. The highest BCUT2D eigenvalue weighted by molar-refractivity contribution is 7.16. The van der Waals surface area contributed by atoms with E-state index in [1.165, 1.54) is 42.7 Å². The van der Waals surface area contributed by atoms with Crippen LogP contribution in [0, 0.1) is 25.6 Å². The molecular formula is C21H23FN2O4S. The average molecular weight is 418 g/mol. The number of nitrogens with zero attached hydrogens (tertiary/aromatic N) is 1. The Bertz CT molecular complexity index is 939. The van der Waals surface area contributed by atoms with Gasteiger partial charge in [0, 0.05) is 23.5 Å². The molecule has 3 rings (SSSR count). The topological polar surface area (TPSA) is 75.7 Å². The standard InChI is InChI=1S/C21H23FN2O4S/c1-12-13(2)29-19(17(12)21(27)28-3)23-18(25)15-5-4-10-24(11-15)20(26)14-6-8-16(22)9-7-14/h6-9,15H,4-5,10-11H2,1-3H3,(H,23,25). The summed E-state index contributed by atoms with van der Waals surface area (Å²) in [6, 6.07) is 5.39. The van der Waals surface area contributed by atoms with E-state index in [1.807, 2.05) is 13.8 Å². The molecule has 0 spiro atoms. The van der Waals surface area contributed by atoms with E-state index < -0.39 is 11.8 Å². The highest BCUT2D eigenvalue weighted by Crippen LogP contribution is 2.33. The summed E-state index contributed by atoms with van der Waals surface area (Å²) in [7, 11) is 1.31. The first-order valence-corrected chi connectivity index (χ1v) is 10.2. The van der Waals surface area contributed by atoms with Crippen molar-refractivity contribution in [3.05, 3.63) is 51.7 Å². The molecule has 1 saturated heterocycles. The number of ether oxygens (including phenoxy) is 1. The predicted octanol–water partition coefficient (Wildman–Crippen LogP) is 3.78. The van der Waals surface area contributed by atoms with Gasteiger partial charge in [0.25, 0.3) is 5.91 Å². The maximum atomic E-state index is 13.1. The summed E-state index contributed by atoms with van der Waals surface area (Å²) in [5.41, 5.74) is 1.55. The predicted molar refractivity (Wildman–Crippen MR) is 109 cm³/mol. The molecule has 1 aliphatic rings. The molecule has 1 aromatic carbocycles. The Kier molecular flexibility index (Phi) is 6.32. The molecule has 2 amide bonds. The number of benzene rings is 1. The zero-order chi connectivity index (χ0) is 21.1. The third kappa shape index (κ3) is 4.48. The monoisotopic (exact) mass is 418 g/mol. The lowest BCUT2D eigenvalue weighted by atomic mass is 9.96. The van der Waals surface area contributed by atoms with Gasteiger partial charge in [-0.15, -0.1) is 11.3 Å². The first-order chi connectivity index (χ1) is 13.8. The quantitative estimate of drug-likeness (QED) is 0.767. The van der Waals surface area contributed by atoms with Crippen molar-refractivity contribution in [1.29, 1.82) is 0 Å². The van der Waals surface area contributed by atoms with Crippen LogP contribution in [-0.4, -0.2) is 42.9 Å². The fourth-order valence-electron chi connectivity index (χ4n) is 3.43. The number of halogens is 1. The number of esters is 1. The van der Waals surface area contributed by atoms with E-state index >= 15 is 0 Å². The van der Waals surface area contributed by atoms with Crippen molar-refractivity contribution in [2.45, 2.75) is 26.7 Å². The molecule has 8 heteroatoms. The Morgan fingerprint density at radius 3 is 2.55 bits per heavy atom. The molecule has 1 aromatic heterocycles. The summed E-state index contributed by atoms with van der Waals surface area (Å²) >= 11 is 1.33. The Hall–Kier alpha value is -2.74. The fraction of sp³-hybridized carbons (Fsp3) is 0.381. The van der Waals surface area contributed by atoms with Crippen LogP contribution in [-0.2, 0) is 9.53 Å². The Balaban J connectivity index is 1.72. The van der Waals surface area contributed by atoms with Crippen LogP contribution in [0.1, 0.15) is 44.0 Å². The summed E-state index contributed by atoms with van der Waals surface area (Å²) in [4.78, 5) is 40.2. The van der Waals surface area contributed by atoms with Crippen molar-refractivity contribution >= 4 is 34.1 Å². The zero-order valence-electron chi connectivity index (χ0n) is 16.6. The minimum Gasteiger partial charge on any atom is -0.465 e. The maximum Gasteiger partial charge on any atom is 0.341 e. The fourth-order valence-corrected chi connectivity index (χ4v) is 4.48. The summed E-state index contributed by atoms with van der Waals surface area (Å²) in [6.07, 6.45) is 1.34. The number of thiophene rings is 1. The highest BCUT2D eigenvalue weighted by atomic mass is 32.1. The van der Waals surface area contributed by atoms with Crippen molar-refractivity contribution in [2.24, 2.45) is 5.92 Å². The molecule has 1 fully saturated rings. The third-order valence-electron chi connectivity index (χ3n) is 5.18. The van der Waals surface area contributed by atoms with Crippen molar-refractivity contribution in [3.8, 4) is 0 Å². The van der Waals surface area contributed by atoms with E-state index in [-0.39, 0.29) is 24.3 Å². The van der Waals surface area contributed by atoms with E-state index in [0.29, 0.717) is 35.5 Å². The first kappa shape index (κ1) is 21.0. The van der Waals surface area contributed by atoms with Crippen LogP contribution < -0.4 is 5.32 Å². The Morgan fingerprint density at radius 1 is 1.21 bits per heavy atom. The lowest BCUT2D eigenvalue weighted by Gasteiger charge is -2.32. The molecule has 1 N–H and O–H groups in total. The van der Waals surface area contributed by atoms with Gasteiger partial charge in [-0.3, -0.25) is 9.59 Å². The van der Waals surface area contributed by atoms with Crippen LogP contribution in [0.15, 0.2) is 24.3 Å². The molecule has 154 valence electrons. The number of rotatable bonds is 4. The number of likely N-dealkylation sites (tertiary alicyclic amines) is 1. The number of amides is 2. The van der Waals surface area contributed by atoms with Crippen molar-refractivity contribution in [2.75, 3.05) is 25.5 Å². The highest BCUT2D eigenvalue weighted by Gasteiger charge is 2.30. The Labute approximate surface area is 172 Å². The molecule has 1 aliphatic heterocycles. The molecular weight excluding hydrogens is 395 g/mol. The second-order valence-electron chi connectivity index (χ2n) is 7.07. The van der Waals surface area contributed by atoms with E-state index in [1.54, 1.807) is 4.90 Å². The largest absolute Gasteiger partial charge is 0.465 e. The van der Waals surface area contributed by atoms with E-state index in [0.717, 1.165) is 10.4 Å². The number of hydrogen-bond donors (Lipinski definition) is 1. The number of aryl methyl sites for hydroxylation is 1. The minimum absolute atomic E-state index is 0.222. The van der Waals surface area contributed by atoms with Gasteiger partial charge in [-0.2, -0.15) is 0 Å². The number of hydrogen-bond acceptors (Lipinski definition) is 5. The molecule has 2 aromatic rings. The van der Waals surface area contributed by atoms with Gasteiger partial charge in [-0.1, -0.05) is 0 Å². The number of piperidine rings is 1. The summed E-state index contributed by atoms with van der Waals surface area (Å²) in [5.74, 6) is -1.73. The number of carbonyl (C=O) groups excluding carboxylic acids is 3. The summed E-state index contributed by atoms with van der Waals surface area (Å²) < 4.78 is 17.9. The number of anilines is 1.